The van der Waals surface area contributed by atoms with E-state index in [9.17, 15) is 0 Å². The third-order valence-electron chi connectivity index (χ3n) is 2.93. The van der Waals surface area contributed by atoms with Crippen LogP contribution in [0.25, 0.3) is 0 Å². The minimum Gasteiger partial charge on any atom is -0.357 e. The van der Waals surface area contributed by atoms with E-state index in [2.05, 4.69) is 29.9 Å². The van der Waals surface area contributed by atoms with Gasteiger partial charge in [-0.1, -0.05) is 6.07 Å². The Hall–Kier alpha value is -1.05. The van der Waals surface area contributed by atoms with Crippen LogP contribution in [0.4, 0.5) is 5.82 Å². The van der Waals surface area contributed by atoms with Crippen molar-refractivity contribution < 1.29 is 0 Å². The van der Waals surface area contributed by atoms with E-state index >= 15 is 0 Å². The van der Waals surface area contributed by atoms with Gasteiger partial charge in [0.15, 0.2) is 0 Å². The van der Waals surface area contributed by atoms with E-state index in [0.29, 0.717) is 6.04 Å². The van der Waals surface area contributed by atoms with Crippen LogP contribution in [-0.2, 0) is 0 Å². The van der Waals surface area contributed by atoms with Crippen LogP contribution in [0.1, 0.15) is 19.8 Å². The minimum absolute atomic E-state index is 0.634. The quantitative estimate of drug-likeness (QED) is 0.702. The van der Waals surface area contributed by atoms with Crippen molar-refractivity contribution in [2.45, 2.75) is 25.8 Å². The number of aromatic nitrogens is 1. The van der Waals surface area contributed by atoms with Crippen molar-refractivity contribution in [2.24, 2.45) is 5.92 Å². The van der Waals surface area contributed by atoms with Gasteiger partial charge < -0.3 is 4.90 Å². The molecule has 2 nitrogen and oxygen atoms in total. The predicted molar refractivity (Wildman–Crippen MR) is 54.8 cm³/mol. The lowest BCUT2D eigenvalue weighted by atomic mass is 10.2. The summed E-state index contributed by atoms with van der Waals surface area (Å²) in [5.74, 6) is 1.98. The van der Waals surface area contributed by atoms with Gasteiger partial charge in [0.25, 0.3) is 0 Å². The lowest BCUT2D eigenvalue weighted by Gasteiger charge is -2.25. The molecular formula is C11H16N2. The summed E-state index contributed by atoms with van der Waals surface area (Å²) in [6.07, 6.45) is 4.63. The molecule has 2 rings (SSSR count). The summed E-state index contributed by atoms with van der Waals surface area (Å²) in [7, 11) is 2.13. The van der Waals surface area contributed by atoms with Crippen LogP contribution < -0.4 is 4.90 Å². The van der Waals surface area contributed by atoms with Crippen molar-refractivity contribution in [1.29, 1.82) is 0 Å². The molecule has 0 N–H and O–H groups in total. The summed E-state index contributed by atoms with van der Waals surface area (Å²) in [6.45, 7) is 2.28. The number of anilines is 1. The molecule has 1 fully saturated rings. The van der Waals surface area contributed by atoms with Crippen LogP contribution in [0.2, 0.25) is 0 Å². The Morgan fingerprint density at radius 3 is 2.77 bits per heavy atom. The summed E-state index contributed by atoms with van der Waals surface area (Å²) in [5, 5.41) is 0. The minimum atomic E-state index is 0.634. The van der Waals surface area contributed by atoms with E-state index in [0.717, 1.165) is 11.7 Å². The first-order valence-electron chi connectivity index (χ1n) is 4.93. The second-order valence-corrected chi connectivity index (χ2v) is 3.88. The Bertz CT molecular complexity index is 267. The molecule has 0 aliphatic heterocycles. The zero-order valence-electron chi connectivity index (χ0n) is 8.27. The maximum atomic E-state index is 4.34. The van der Waals surface area contributed by atoms with Crippen LogP contribution in [-0.4, -0.2) is 18.1 Å². The van der Waals surface area contributed by atoms with Crippen LogP contribution in [0.5, 0.6) is 0 Å². The van der Waals surface area contributed by atoms with Crippen molar-refractivity contribution in [3.8, 4) is 0 Å². The molecule has 1 heterocycles. The zero-order valence-corrected chi connectivity index (χ0v) is 8.27. The highest BCUT2D eigenvalue weighted by Crippen LogP contribution is 2.35. The van der Waals surface area contributed by atoms with Crippen LogP contribution in [0, 0.1) is 5.92 Å². The molecule has 0 amide bonds. The van der Waals surface area contributed by atoms with E-state index in [1.54, 1.807) is 0 Å². The van der Waals surface area contributed by atoms with Crippen molar-refractivity contribution >= 4 is 5.82 Å². The molecule has 1 unspecified atom stereocenters. The normalized spacial score (nSPS) is 18.3. The van der Waals surface area contributed by atoms with Gasteiger partial charge in [0.05, 0.1) is 0 Å². The molecule has 1 aliphatic carbocycles. The fraction of sp³-hybridized carbons (Fsp3) is 0.545. The summed E-state index contributed by atoms with van der Waals surface area (Å²) < 4.78 is 0. The molecular weight excluding hydrogens is 160 g/mol. The van der Waals surface area contributed by atoms with E-state index < -0.39 is 0 Å². The Balaban J connectivity index is 2.07. The molecule has 2 heteroatoms. The van der Waals surface area contributed by atoms with Gasteiger partial charge in [-0.3, -0.25) is 0 Å². The first-order chi connectivity index (χ1) is 6.29. The van der Waals surface area contributed by atoms with Gasteiger partial charge in [0.1, 0.15) is 5.82 Å². The van der Waals surface area contributed by atoms with Gasteiger partial charge in [0.2, 0.25) is 0 Å². The molecule has 1 aliphatic rings. The van der Waals surface area contributed by atoms with Gasteiger partial charge >= 0.3 is 0 Å². The smallest absolute Gasteiger partial charge is 0.128 e. The molecule has 0 bridgehead atoms. The average molecular weight is 176 g/mol. The highest BCUT2D eigenvalue weighted by atomic mass is 15.2. The van der Waals surface area contributed by atoms with Crippen LogP contribution in [0.3, 0.4) is 0 Å². The number of pyridine rings is 1. The lowest BCUT2D eigenvalue weighted by Crippen LogP contribution is -2.31. The highest BCUT2D eigenvalue weighted by molar-refractivity contribution is 5.38. The molecule has 13 heavy (non-hydrogen) atoms. The Labute approximate surface area is 79.6 Å². The molecule has 0 aromatic carbocycles. The Morgan fingerprint density at radius 2 is 2.23 bits per heavy atom. The first-order valence-corrected chi connectivity index (χ1v) is 4.93. The summed E-state index contributed by atoms with van der Waals surface area (Å²) >= 11 is 0. The SMILES string of the molecule is CC(C1CC1)N(C)c1ccccn1. The van der Waals surface area contributed by atoms with Crippen molar-refractivity contribution in [2.75, 3.05) is 11.9 Å². The van der Waals surface area contributed by atoms with Crippen molar-refractivity contribution in [3.05, 3.63) is 24.4 Å². The van der Waals surface area contributed by atoms with E-state index in [1.807, 2.05) is 18.3 Å². The molecule has 1 aromatic heterocycles. The van der Waals surface area contributed by atoms with E-state index in [1.165, 1.54) is 12.8 Å². The second-order valence-electron chi connectivity index (χ2n) is 3.88. The van der Waals surface area contributed by atoms with Gasteiger partial charge in [-0.05, 0) is 37.8 Å². The van der Waals surface area contributed by atoms with Crippen molar-refractivity contribution in [3.63, 3.8) is 0 Å². The fourth-order valence-electron chi connectivity index (χ4n) is 1.67. The zero-order chi connectivity index (χ0) is 9.26. The summed E-state index contributed by atoms with van der Waals surface area (Å²) in [5.41, 5.74) is 0. The molecule has 0 saturated heterocycles. The van der Waals surface area contributed by atoms with Gasteiger partial charge in [-0.25, -0.2) is 4.98 Å². The van der Waals surface area contributed by atoms with Gasteiger partial charge in [-0.15, -0.1) is 0 Å². The van der Waals surface area contributed by atoms with Crippen LogP contribution >= 0.6 is 0 Å². The van der Waals surface area contributed by atoms with Crippen molar-refractivity contribution in [1.82, 2.24) is 4.98 Å². The fourth-order valence-corrected chi connectivity index (χ4v) is 1.67. The lowest BCUT2D eigenvalue weighted by molar-refractivity contribution is 0.604. The Kier molecular flexibility index (Phi) is 2.21. The van der Waals surface area contributed by atoms with Crippen LogP contribution in [0.15, 0.2) is 24.4 Å². The molecule has 70 valence electrons. The first kappa shape index (κ1) is 8.54. The number of rotatable bonds is 3. The number of hydrogen-bond acceptors (Lipinski definition) is 2. The largest absolute Gasteiger partial charge is 0.357 e. The van der Waals surface area contributed by atoms with E-state index in [4.69, 9.17) is 0 Å². The van der Waals surface area contributed by atoms with Gasteiger partial charge in [-0.2, -0.15) is 0 Å². The topological polar surface area (TPSA) is 16.1 Å². The average Bonchev–Trinajstić information content (AvgIpc) is 3.00. The third kappa shape index (κ3) is 1.82. The molecule has 1 saturated carbocycles. The van der Waals surface area contributed by atoms with E-state index in [-0.39, 0.29) is 0 Å². The number of hydrogen-bond donors (Lipinski definition) is 0. The third-order valence-corrected chi connectivity index (χ3v) is 2.93. The maximum Gasteiger partial charge on any atom is 0.128 e. The monoisotopic (exact) mass is 176 g/mol. The summed E-state index contributed by atoms with van der Waals surface area (Å²) in [4.78, 5) is 6.61. The number of nitrogens with zero attached hydrogens (tertiary/aromatic N) is 2. The Morgan fingerprint density at radius 1 is 1.46 bits per heavy atom. The molecule has 0 spiro atoms. The molecule has 0 radical (unpaired) electrons. The molecule has 1 atom stereocenters. The summed E-state index contributed by atoms with van der Waals surface area (Å²) in [6, 6.07) is 6.70. The standard InChI is InChI=1S/C11H16N2/c1-9(10-6-7-10)13(2)11-5-3-4-8-12-11/h3-5,8-10H,6-7H2,1-2H3. The second kappa shape index (κ2) is 3.36. The highest BCUT2D eigenvalue weighted by Gasteiger charge is 2.30. The maximum absolute atomic E-state index is 4.34. The predicted octanol–water partition coefficient (Wildman–Crippen LogP) is 2.32. The molecule has 1 aromatic rings. The van der Waals surface area contributed by atoms with Gasteiger partial charge in [0, 0.05) is 19.3 Å².